The Bertz CT molecular complexity index is 376. The van der Waals surface area contributed by atoms with Crippen molar-refractivity contribution in [3.8, 4) is 0 Å². The van der Waals surface area contributed by atoms with Crippen LogP contribution in [0.25, 0.3) is 0 Å². The second-order valence-corrected chi connectivity index (χ2v) is 5.35. The van der Waals surface area contributed by atoms with E-state index in [2.05, 4.69) is 37.2 Å². The van der Waals surface area contributed by atoms with Gasteiger partial charge in [0.05, 0.1) is 18.8 Å². The van der Waals surface area contributed by atoms with Crippen LogP contribution in [0, 0.1) is 6.92 Å². The summed E-state index contributed by atoms with van der Waals surface area (Å²) in [5.41, 5.74) is 0. The minimum absolute atomic E-state index is 0.150. The smallest absolute Gasteiger partial charge is 0.124 e. The normalized spacial score (nSPS) is 25.8. The number of nitrogens with one attached hydrogen (secondary N) is 1. The number of aryl methyl sites for hydroxylation is 1. The molecule has 0 spiro atoms. The van der Waals surface area contributed by atoms with Gasteiger partial charge in [0.25, 0.3) is 0 Å². The molecule has 0 saturated carbocycles. The third-order valence-corrected chi connectivity index (χ3v) is 3.38. The van der Waals surface area contributed by atoms with E-state index in [1.807, 2.05) is 13.0 Å². The monoisotopic (exact) mass is 252 g/mol. The third-order valence-electron chi connectivity index (χ3n) is 3.38. The second-order valence-electron chi connectivity index (χ2n) is 5.35. The van der Waals surface area contributed by atoms with E-state index in [0.29, 0.717) is 6.04 Å². The summed E-state index contributed by atoms with van der Waals surface area (Å²) in [4.78, 5) is 2.31. The van der Waals surface area contributed by atoms with Crippen LogP contribution in [-0.2, 0) is 4.74 Å². The van der Waals surface area contributed by atoms with Crippen LogP contribution in [0.2, 0.25) is 0 Å². The van der Waals surface area contributed by atoms with Gasteiger partial charge in [-0.15, -0.1) is 0 Å². The van der Waals surface area contributed by atoms with Crippen LogP contribution >= 0.6 is 0 Å². The van der Waals surface area contributed by atoms with Crippen molar-refractivity contribution in [3.05, 3.63) is 23.7 Å². The molecule has 0 aliphatic carbocycles. The Morgan fingerprint density at radius 3 is 2.83 bits per heavy atom. The first-order chi connectivity index (χ1) is 8.58. The molecule has 4 nitrogen and oxygen atoms in total. The lowest BCUT2D eigenvalue weighted by Gasteiger charge is -2.38. The number of ether oxygens (including phenoxy) is 1. The Hall–Kier alpha value is -0.840. The fourth-order valence-corrected chi connectivity index (χ4v) is 2.40. The summed E-state index contributed by atoms with van der Waals surface area (Å²) in [7, 11) is 2.13. The van der Waals surface area contributed by atoms with E-state index >= 15 is 0 Å². The summed E-state index contributed by atoms with van der Waals surface area (Å²) in [5.74, 6) is 1.96. The first kappa shape index (κ1) is 13.6. The van der Waals surface area contributed by atoms with Gasteiger partial charge in [0.1, 0.15) is 11.5 Å². The quantitative estimate of drug-likeness (QED) is 0.889. The molecule has 1 fully saturated rings. The molecule has 2 atom stereocenters. The fraction of sp³-hybridized carbons (Fsp3) is 0.714. The predicted octanol–water partition coefficient (Wildman–Crippen LogP) is 1.96. The number of morpholine rings is 1. The highest BCUT2D eigenvalue weighted by Crippen LogP contribution is 2.29. The molecule has 102 valence electrons. The standard InChI is InChI=1S/C14H24N2O2/c1-10(2)15-9-13-14(16(4)7-8-17-13)12-6-5-11(3)18-12/h5-6,10,13-15H,7-9H2,1-4H3. The maximum Gasteiger partial charge on any atom is 0.124 e. The van der Waals surface area contributed by atoms with Crippen molar-refractivity contribution in [3.63, 3.8) is 0 Å². The Balaban J connectivity index is 2.10. The van der Waals surface area contributed by atoms with Gasteiger partial charge in [-0.1, -0.05) is 13.8 Å². The fourth-order valence-electron chi connectivity index (χ4n) is 2.40. The van der Waals surface area contributed by atoms with Crippen LogP contribution in [0.5, 0.6) is 0 Å². The molecular weight excluding hydrogens is 228 g/mol. The Morgan fingerprint density at radius 2 is 2.22 bits per heavy atom. The summed E-state index contributed by atoms with van der Waals surface area (Å²) in [6.45, 7) is 8.87. The van der Waals surface area contributed by atoms with Crippen molar-refractivity contribution in [2.24, 2.45) is 0 Å². The number of likely N-dealkylation sites (N-methyl/N-ethyl adjacent to an activating group) is 1. The molecule has 1 saturated heterocycles. The van der Waals surface area contributed by atoms with E-state index in [9.17, 15) is 0 Å². The molecule has 0 radical (unpaired) electrons. The summed E-state index contributed by atoms with van der Waals surface area (Å²) in [5, 5.41) is 3.45. The highest BCUT2D eigenvalue weighted by atomic mass is 16.5. The lowest BCUT2D eigenvalue weighted by molar-refractivity contribution is -0.0683. The molecule has 18 heavy (non-hydrogen) atoms. The van der Waals surface area contributed by atoms with Gasteiger partial charge < -0.3 is 14.5 Å². The maximum atomic E-state index is 5.91. The topological polar surface area (TPSA) is 37.6 Å². The van der Waals surface area contributed by atoms with Gasteiger partial charge in [0, 0.05) is 19.1 Å². The molecule has 2 unspecified atom stereocenters. The number of furan rings is 1. The molecule has 0 amide bonds. The summed E-state index contributed by atoms with van der Waals surface area (Å²) in [6, 6.07) is 4.76. The molecule has 0 aromatic carbocycles. The van der Waals surface area contributed by atoms with Gasteiger partial charge in [-0.05, 0) is 26.1 Å². The number of nitrogens with zero attached hydrogens (tertiary/aromatic N) is 1. The minimum Gasteiger partial charge on any atom is -0.465 e. The minimum atomic E-state index is 0.150. The van der Waals surface area contributed by atoms with Gasteiger partial charge >= 0.3 is 0 Å². The van der Waals surface area contributed by atoms with Crippen molar-refractivity contribution in [1.82, 2.24) is 10.2 Å². The molecule has 2 heterocycles. The first-order valence-electron chi connectivity index (χ1n) is 6.69. The van der Waals surface area contributed by atoms with Gasteiger partial charge in [-0.25, -0.2) is 0 Å². The molecule has 1 aliphatic rings. The van der Waals surface area contributed by atoms with Crippen molar-refractivity contribution >= 4 is 0 Å². The van der Waals surface area contributed by atoms with Crippen LogP contribution < -0.4 is 5.32 Å². The molecule has 1 aromatic heterocycles. The molecule has 1 aliphatic heterocycles. The summed E-state index contributed by atoms with van der Waals surface area (Å²) >= 11 is 0. The van der Waals surface area contributed by atoms with Gasteiger partial charge in [-0.3, -0.25) is 4.90 Å². The molecular formula is C14H24N2O2. The van der Waals surface area contributed by atoms with Gasteiger partial charge in [-0.2, -0.15) is 0 Å². The SMILES string of the molecule is Cc1ccc(C2C(CNC(C)C)OCCN2C)o1. The summed E-state index contributed by atoms with van der Waals surface area (Å²) in [6.07, 6.45) is 0.150. The highest BCUT2D eigenvalue weighted by Gasteiger charge is 2.33. The molecule has 1 aromatic rings. The zero-order valence-electron chi connectivity index (χ0n) is 11.8. The second kappa shape index (κ2) is 5.87. The third kappa shape index (κ3) is 3.13. The van der Waals surface area contributed by atoms with Crippen LogP contribution in [0.15, 0.2) is 16.5 Å². The van der Waals surface area contributed by atoms with E-state index < -0.39 is 0 Å². The van der Waals surface area contributed by atoms with E-state index in [-0.39, 0.29) is 12.1 Å². The van der Waals surface area contributed by atoms with Crippen LogP contribution in [0.1, 0.15) is 31.4 Å². The number of hydrogen-bond donors (Lipinski definition) is 1. The van der Waals surface area contributed by atoms with E-state index in [4.69, 9.17) is 9.15 Å². The van der Waals surface area contributed by atoms with Crippen LogP contribution in [-0.4, -0.2) is 43.8 Å². The van der Waals surface area contributed by atoms with Crippen molar-refractivity contribution in [2.45, 2.75) is 39.0 Å². The van der Waals surface area contributed by atoms with Crippen LogP contribution in [0.3, 0.4) is 0 Å². The predicted molar refractivity (Wildman–Crippen MR) is 71.7 cm³/mol. The maximum absolute atomic E-state index is 5.91. The lowest BCUT2D eigenvalue weighted by atomic mass is 10.0. The Morgan fingerprint density at radius 1 is 1.44 bits per heavy atom. The van der Waals surface area contributed by atoms with E-state index in [1.54, 1.807) is 0 Å². The largest absolute Gasteiger partial charge is 0.465 e. The number of rotatable bonds is 4. The zero-order chi connectivity index (χ0) is 13.1. The zero-order valence-corrected chi connectivity index (χ0v) is 11.8. The van der Waals surface area contributed by atoms with E-state index in [1.165, 1.54) is 0 Å². The number of hydrogen-bond acceptors (Lipinski definition) is 4. The lowest BCUT2D eigenvalue weighted by Crippen LogP contribution is -2.48. The average Bonchev–Trinajstić information content (AvgIpc) is 2.72. The van der Waals surface area contributed by atoms with Gasteiger partial charge in [0.15, 0.2) is 0 Å². The molecule has 1 N–H and O–H groups in total. The highest BCUT2D eigenvalue weighted by molar-refractivity contribution is 5.12. The van der Waals surface area contributed by atoms with Gasteiger partial charge in [0.2, 0.25) is 0 Å². The van der Waals surface area contributed by atoms with Crippen molar-refractivity contribution < 1.29 is 9.15 Å². The van der Waals surface area contributed by atoms with Crippen molar-refractivity contribution in [1.29, 1.82) is 0 Å². The summed E-state index contributed by atoms with van der Waals surface area (Å²) < 4.78 is 11.7. The Labute approximate surface area is 109 Å². The average molecular weight is 252 g/mol. The van der Waals surface area contributed by atoms with E-state index in [0.717, 1.165) is 31.2 Å². The first-order valence-corrected chi connectivity index (χ1v) is 6.69. The van der Waals surface area contributed by atoms with Crippen molar-refractivity contribution in [2.75, 3.05) is 26.7 Å². The molecule has 0 bridgehead atoms. The Kier molecular flexibility index (Phi) is 4.43. The molecule has 4 heteroatoms. The van der Waals surface area contributed by atoms with Crippen LogP contribution in [0.4, 0.5) is 0 Å². The molecule has 2 rings (SSSR count).